The highest BCUT2D eigenvalue weighted by Gasteiger charge is 2.06. The summed E-state index contributed by atoms with van der Waals surface area (Å²) >= 11 is 9.43. The highest BCUT2D eigenvalue weighted by molar-refractivity contribution is 9.10. The summed E-state index contributed by atoms with van der Waals surface area (Å²) in [6, 6.07) is 13.6. The third-order valence-electron chi connectivity index (χ3n) is 3.72. The molecule has 23 heavy (non-hydrogen) atoms. The molecule has 0 bridgehead atoms. The molecule has 0 fully saturated rings. The van der Waals surface area contributed by atoms with Gasteiger partial charge in [0.25, 0.3) is 0 Å². The summed E-state index contributed by atoms with van der Waals surface area (Å²) in [5, 5.41) is 4.80. The first-order valence-electron chi connectivity index (χ1n) is 7.38. The summed E-state index contributed by atoms with van der Waals surface area (Å²) in [6.45, 7) is 0.606. The van der Waals surface area contributed by atoms with E-state index in [4.69, 9.17) is 11.6 Å². The fourth-order valence-corrected chi connectivity index (χ4v) is 2.98. The molecule has 1 aromatic heterocycles. The minimum atomic E-state index is 0.0326. The van der Waals surface area contributed by atoms with E-state index in [0.717, 1.165) is 37.9 Å². The Kier molecular flexibility index (Phi) is 5.03. The molecule has 3 nitrogen and oxygen atoms in total. The lowest BCUT2D eigenvalue weighted by Gasteiger charge is -2.05. The summed E-state index contributed by atoms with van der Waals surface area (Å²) in [7, 11) is 0. The molecule has 0 aliphatic carbocycles. The third-order valence-corrected chi connectivity index (χ3v) is 4.49. The second-order valence-corrected chi connectivity index (χ2v) is 6.76. The zero-order chi connectivity index (χ0) is 16.2. The number of benzene rings is 2. The number of H-pyrrole nitrogens is 1. The van der Waals surface area contributed by atoms with Crippen molar-refractivity contribution in [3.8, 4) is 0 Å². The molecule has 0 aliphatic rings. The predicted octanol–water partition coefficient (Wildman–Crippen LogP) is 4.49. The molecule has 0 unspecified atom stereocenters. The maximum Gasteiger partial charge on any atom is 0.224 e. The van der Waals surface area contributed by atoms with Crippen LogP contribution in [0.15, 0.2) is 53.1 Å². The van der Waals surface area contributed by atoms with Crippen molar-refractivity contribution in [3.63, 3.8) is 0 Å². The number of rotatable bonds is 5. The number of amides is 1. The van der Waals surface area contributed by atoms with E-state index in [1.807, 2.05) is 48.7 Å². The number of fused-ring (bicyclic) bond motifs is 1. The van der Waals surface area contributed by atoms with Gasteiger partial charge in [0.1, 0.15) is 0 Å². The van der Waals surface area contributed by atoms with Crippen molar-refractivity contribution < 1.29 is 4.79 Å². The number of hydrogen-bond acceptors (Lipinski definition) is 1. The van der Waals surface area contributed by atoms with Crippen LogP contribution in [0.1, 0.15) is 11.1 Å². The molecule has 1 heterocycles. The molecular weight excluding hydrogens is 376 g/mol. The van der Waals surface area contributed by atoms with E-state index >= 15 is 0 Å². The summed E-state index contributed by atoms with van der Waals surface area (Å²) in [6.07, 6.45) is 3.14. The minimum Gasteiger partial charge on any atom is -0.361 e. The van der Waals surface area contributed by atoms with Crippen molar-refractivity contribution in [1.29, 1.82) is 0 Å². The van der Waals surface area contributed by atoms with Crippen molar-refractivity contribution in [1.82, 2.24) is 10.3 Å². The van der Waals surface area contributed by atoms with Gasteiger partial charge in [0.05, 0.1) is 6.42 Å². The fraction of sp³-hybridized carbons (Fsp3) is 0.167. The Labute approximate surface area is 148 Å². The molecule has 0 radical (unpaired) electrons. The SMILES string of the molecule is O=C(Cc1ccc(Br)cc1)NCCc1c[nH]c2ccc(Cl)cc12. The van der Waals surface area contributed by atoms with E-state index in [1.54, 1.807) is 0 Å². The third kappa shape index (κ3) is 4.15. The van der Waals surface area contributed by atoms with Crippen LogP contribution in [0.5, 0.6) is 0 Å². The van der Waals surface area contributed by atoms with Gasteiger partial charge in [0.2, 0.25) is 5.91 Å². The second-order valence-electron chi connectivity index (χ2n) is 5.41. The highest BCUT2D eigenvalue weighted by atomic mass is 79.9. The zero-order valence-electron chi connectivity index (χ0n) is 12.4. The van der Waals surface area contributed by atoms with Gasteiger partial charge >= 0.3 is 0 Å². The molecule has 0 saturated carbocycles. The number of nitrogens with one attached hydrogen (secondary N) is 2. The Morgan fingerprint density at radius 1 is 1.17 bits per heavy atom. The Morgan fingerprint density at radius 2 is 1.96 bits per heavy atom. The molecule has 0 saturated heterocycles. The maximum absolute atomic E-state index is 12.0. The van der Waals surface area contributed by atoms with Crippen LogP contribution in [0.25, 0.3) is 10.9 Å². The Morgan fingerprint density at radius 3 is 2.74 bits per heavy atom. The van der Waals surface area contributed by atoms with Crippen LogP contribution in [0.3, 0.4) is 0 Å². The molecule has 0 atom stereocenters. The monoisotopic (exact) mass is 390 g/mol. The standard InChI is InChI=1S/C18H16BrClN2O/c19-14-3-1-12(2-4-14)9-18(23)21-8-7-13-11-22-17-6-5-15(20)10-16(13)17/h1-6,10-11,22H,7-9H2,(H,21,23). The molecule has 0 spiro atoms. The largest absolute Gasteiger partial charge is 0.361 e. The molecule has 5 heteroatoms. The number of carbonyl (C=O) groups excluding carboxylic acids is 1. The van der Waals surface area contributed by atoms with Crippen molar-refractivity contribution >= 4 is 44.3 Å². The van der Waals surface area contributed by atoms with Gasteiger partial charge in [-0.15, -0.1) is 0 Å². The lowest BCUT2D eigenvalue weighted by Crippen LogP contribution is -2.27. The predicted molar refractivity (Wildman–Crippen MR) is 97.9 cm³/mol. The summed E-state index contributed by atoms with van der Waals surface area (Å²) in [5.41, 5.74) is 3.22. The fourth-order valence-electron chi connectivity index (χ4n) is 2.54. The van der Waals surface area contributed by atoms with Crippen molar-refractivity contribution in [2.75, 3.05) is 6.54 Å². The first kappa shape index (κ1) is 16.1. The summed E-state index contributed by atoms with van der Waals surface area (Å²) in [5.74, 6) is 0.0326. The summed E-state index contributed by atoms with van der Waals surface area (Å²) < 4.78 is 1.01. The number of hydrogen-bond donors (Lipinski definition) is 2. The van der Waals surface area contributed by atoms with E-state index in [-0.39, 0.29) is 5.91 Å². The molecule has 3 aromatic rings. The topological polar surface area (TPSA) is 44.9 Å². The molecule has 3 rings (SSSR count). The van der Waals surface area contributed by atoms with Gasteiger partial charge in [-0.25, -0.2) is 0 Å². The van der Waals surface area contributed by atoms with Crippen molar-refractivity contribution in [3.05, 3.63) is 69.3 Å². The lowest BCUT2D eigenvalue weighted by molar-refractivity contribution is -0.120. The van der Waals surface area contributed by atoms with Crippen molar-refractivity contribution in [2.45, 2.75) is 12.8 Å². The molecule has 0 aliphatic heterocycles. The van der Waals surface area contributed by atoms with Crippen LogP contribution in [-0.4, -0.2) is 17.4 Å². The Balaban J connectivity index is 1.55. The van der Waals surface area contributed by atoms with E-state index in [9.17, 15) is 4.79 Å². The van der Waals surface area contributed by atoms with Crippen LogP contribution in [-0.2, 0) is 17.6 Å². The van der Waals surface area contributed by atoms with Gasteiger partial charge in [-0.3, -0.25) is 4.79 Å². The zero-order valence-corrected chi connectivity index (χ0v) is 14.7. The Hall–Kier alpha value is -1.78. The van der Waals surface area contributed by atoms with Gasteiger partial charge in [0.15, 0.2) is 0 Å². The average Bonchev–Trinajstić information content (AvgIpc) is 2.92. The number of carbonyl (C=O) groups is 1. The normalized spacial score (nSPS) is 10.9. The molecule has 2 aromatic carbocycles. The summed E-state index contributed by atoms with van der Waals surface area (Å²) in [4.78, 5) is 15.2. The van der Waals surface area contributed by atoms with Crippen molar-refractivity contribution in [2.24, 2.45) is 0 Å². The second kappa shape index (κ2) is 7.20. The van der Waals surface area contributed by atoms with Gasteiger partial charge in [0, 0.05) is 33.1 Å². The molecule has 1 amide bonds. The van der Waals surface area contributed by atoms with Crippen LogP contribution in [0, 0.1) is 0 Å². The average molecular weight is 392 g/mol. The quantitative estimate of drug-likeness (QED) is 0.661. The van der Waals surface area contributed by atoms with Crippen LogP contribution < -0.4 is 5.32 Å². The maximum atomic E-state index is 12.0. The smallest absolute Gasteiger partial charge is 0.224 e. The van der Waals surface area contributed by atoms with E-state index < -0.39 is 0 Å². The molecule has 2 N–H and O–H groups in total. The van der Waals surface area contributed by atoms with Crippen LogP contribution in [0.4, 0.5) is 0 Å². The molecular formula is C18H16BrClN2O. The van der Waals surface area contributed by atoms with Gasteiger partial charge in [-0.05, 0) is 47.9 Å². The van der Waals surface area contributed by atoms with Crippen LogP contribution >= 0.6 is 27.5 Å². The van der Waals surface area contributed by atoms with E-state index in [0.29, 0.717) is 13.0 Å². The van der Waals surface area contributed by atoms with E-state index in [1.165, 1.54) is 0 Å². The first-order valence-corrected chi connectivity index (χ1v) is 8.55. The minimum absolute atomic E-state index is 0.0326. The highest BCUT2D eigenvalue weighted by Crippen LogP contribution is 2.22. The number of aromatic nitrogens is 1. The van der Waals surface area contributed by atoms with Gasteiger partial charge in [-0.2, -0.15) is 0 Å². The number of halogens is 2. The van der Waals surface area contributed by atoms with E-state index in [2.05, 4.69) is 26.2 Å². The first-order chi connectivity index (χ1) is 11.1. The Bertz CT molecular complexity index is 827. The van der Waals surface area contributed by atoms with Gasteiger partial charge < -0.3 is 10.3 Å². The number of aromatic amines is 1. The van der Waals surface area contributed by atoms with Crippen LogP contribution in [0.2, 0.25) is 5.02 Å². The lowest BCUT2D eigenvalue weighted by atomic mass is 10.1. The molecule has 118 valence electrons. The van der Waals surface area contributed by atoms with Gasteiger partial charge in [-0.1, -0.05) is 39.7 Å².